The lowest BCUT2D eigenvalue weighted by Gasteiger charge is -2.08. The first kappa shape index (κ1) is 13.1. The van der Waals surface area contributed by atoms with Gasteiger partial charge in [0.15, 0.2) is 5.82 Å². The smallest absolute Gasteiger partial charge is 0.154 e. The van der Waals surface area contributed by atoms with Crippen LogP contribution in [0.1, 0.15) is 0 Å². The second kappa shape index (κ2) is 5.20. The molecule has 3 rings (SSSR count). The van der Waals surface area contributed by atoms with Gasteiger partial charge in [0.2, 0.25) is 0 Å². The molecule has 0 unspecified atom stereocenters. The van der Waals surface area contributed by atoms with Crippen molar-refractivity contribution in [2.75, 3.05) is 5.73 Å². The third-order valence-corrected chi connectivity index (χ3v) is 3.14. The predicted molar refractivity (Wildman–Crippen MR) is 78.9 cm³/mol. The first-order chi connectivity index (χ1) is 10.1. The summed E-state index contributed by atoms with van der Waals surface area (Å²) in [5, 5.41) is 17.7. The Kier molecular flexibility index (Phi) is 3.23. The first-order valence-corrected chi connectivity index (χ1v) is 6.32. The van der Waals surface area contributed by atoms with Gasteiger partial charge in [0.1, 0.15) is 11.6 Å². The van der Waals surface area contributed by atoms with E-state index in [4.69, 9.17) is 5.73 Å². The SMILES string of the molecule is Nc1nnc(-c2cc(F)ccc2O)cc1-c1ccccc1. The fraction of sp³-hybridized carbons (Fsp3) is 0. The number of nitrogens with two attached hydrogens (primary N) is 1. The van der Waals surface area contributed by atoms with Crippen molar-refractivity contribution in [3.8, 4) is 28.1 Å². The van der Waals surface area contributed by atoms with Crippen LogP contribution in [0.4, 0.5) is 10.2 Å². The molecule has 0 radical (unpaired) electrons. The average Bonchev–Trinajstić information content (AvgIpc) is 2.51. The van der Waals surface area contributed by atoms with E-state index in [9.17, 15) is 9.50 Å². The highest BCUT2D eigenvalue weighted by atomic mass is 19.1. The van der Waals surface area contributed by atoms with Gasteiger partial charge in [0.25, 0.3) is 0 Å². The zero-order valence-corrected chi connectivity index (χ0v) is 11.0. The molecule has 3 N–H and O–H groups in total. The molecule has 3 aromatic rings. The predicted octanol–water partition coefficient (Wildman–Crippen LogP) is 3.24. The maximum absolute atomic E-state index is 13.4. The van der Waals surface area contributed by atoms with Crippen LogP contribution in [0.25, 0.3) is 22.4 Å². The Labute approximate surface area is 120 Å². The van der Waals surface area contributed by atoms with Crippen molar-refractivity contribution in [3.05, 3.63) is 60.4 Å². The van der Waals surface area contributed by atoms with Gasteiger partial charge < -0.3 is 10.8 Å². The number of benzene rings is 2. The lowest BCUT2D eigenvalue weighted by molar-refractivity contribution is 0.475. The van der Waals surface area contributed by atoms with Crippen molar-refractivity contribution in [3.63, 3.8) is 0 Å². The maximum atomic E-state index is 13.4. The first-order valence-electron chi connectivity index (χ1n) is 6.32. The van der Waals surface area contributed by atoms with Crippen LogP contribution in [0.15, 0.2) is 54.6 Å². The summed E-state index contributed by atoms with van der Waals surface area (Å²) in [6.07, 6.45) is 0. The molecule has 1 heterocycles. The number of halogens is 1. The topological polar surface area (TPSA) is 72.0 Å². The van der Waals surface area contributed by atoms with Gasteiger partial charge in [-0.25, -0.2) is 4.39 Å². The fourth-order valence-electron chi connectivity index (χ4n) is 2.10. The van der Waals surface area contributed by atoms with Crippen LogP contribution in [-0.2, 0) is 0 Å². The number of phenolic OH excluding ortho intramolecular Hbond substituents is 1. The molecule has 104 valence electrons. The Hall–Kier alpha value is -2.95. The molecule has 0 atom stereocenters. The minimum Gasteiger partial charge on any atom is -0.507 e. The van der Waals surface area contributed by atoms with Crippen LogP contribution in [0.3, 0.4) is 0 Å². The molecule has 4 nitrogen and oxygen atoms in total. The van der Waals surface area contributed by atoms with Crippen molar-refractivity contribution in [2.45, 2.75) is 0 Å². The summed E-state index contributed by atoms with van der Waals surface area (Å²) < 4.78 is 13.4. The molecule has 21 heavy (non-hydrogen) atoms. The van der Waals surface area contributed by atoms with Crippen LogP contribution in [0.5, 0.6) is 5.75 Å². The summed E-state index contributed by atoms with van der Waals surface area (Å²) in [6, 6.07) is 14.8. The highest BCUT2D eigenvalue weighted by Gasteiger charge is 2.12. The average molecular weight is 281 g/mol. The molecule has 2 aromatic carbocycles. The van der Waals surface area contributed by atoms with Gasteiger partial charge in [-0.2, -0.15) is 0 Å². The number of phenols is 1. The number of rotatable bonds is 2. The van der Waals surface area contributed by atoms with Crippen LogP contribution in [0.2, 0.25) is 0 Å². The third-order valence-electron chi connectivity index (χ3n) is 3.14. The maximum Gasteiger partial charge on any atom is 0.154 e. The molecule has 0 aliphatic heterocycles. The van der Waals surface area contributed by atoms with E-state index in [1.165, 1.54) is 18.2 Å². The van der Waals surface area contributed by atoms with Crippen LogP contribution < -0.4 is 5.73 Å². The summed E-state index contributed by atoms with van der Waals surface area (Å²) >= 11 is 0. The second-order valence-corrected chi connectivity index (χ2v) is 4.56. The molecule has 0 fully saturated rings. The van der Waals surface area contributed by atoms with Gasteiger partial charge in [-0.1, -0.05) is 30.3 Å². The van der Waals surface area contributed by atoms with Crippen molar-refractivity contribution < 1.29 is 9.50 Å². The molecule has 0 aliphatic carbocycles. The van der Waals surface area contributed by atoms with Crippen LogP contribution in [0, 0.1) is 5.82 Å². The van der Waals surface area contributed by atoms with E-state index < -0.39 is 5.82 Å². The number of hydrogen-bond donors (Lipinski definition) is 2. The van der Waals surface area contributed by atoms with Crippen molar-refractivity contribution >= 4 is 5.82 Å². The van der Waals surface area contributed by atoms with Crippen molar-refractivity contribution in [2.24, 2.45) is 0 Å². The summed E-state index contributed by atoms with van der Waals surface area (Å²) in [5.41, 5.74) is 8.06. The zero-order chi connectivity index (χ0) is 14.8. The highest BCUT2D eigenvalue weighted by molar-refractivity contribution is 5.78. The Morgan fingerprint density at radius 1 is 0.905 bits per heavy atom. The van der Waals surface area contributed by atoms with E-state index in [-0.39, 0.29) is 17.1 Å². The Balaban J connectivity index is 2.16. The Morgan fingerprint density at radius 3 is 2.43 bits per heavy atom. The van der Waals surface area contributed by atoms with Gasteiger partial charge >= 0.3 is 0 Å². The van der Waals surface area contributed by atoms with E-state index in [1.807, 2.05) is 30.3 Å². The Bertz CT molecular complexity index is 791. The number of aromatic hydroxyl groups is 1. The van der Waals surface area contributed by atoms with E-state index in [1.54, 1.807) is 6.07 Å². The molecule has 1 aromatic heterocycles. The molecule has 0 saturated heterocycles. The largest absolute Gasteiger partial charge is 0.507 e. The lowest BCUT2D eigenvalue weighted by atomic mass is 10.0. The number of hydrogen-bond acceptors (Lipinski definition) is 4. The number of anilines is 1. The lowest BCUT2D eigenvalue weighted by Crippen LogP contribution is -1.98. The normalized spacial score (nSPS) is 10.5. The molecule has 0 saturated carbocycles. The zero-order valence-electron chi connectivity index (χ0n) is 11.0. The summed E-state index contributed by atoms with van der Waals surface area (Å²) in [7, 11) is 0. The van der Waals surface area contributed by atoms with Gasteiger partial charge in [0, 0.05) is 11.1 Å². The van der Waals surface area contributed by atoms with Gasteiger partial charge in [-0.15, -0.1) is 10.2 Å². The quantitative estimate of drug-likeness (QED) is 0.756. The van der Waals surface area contributed by atoms with E-state index in [0.717, 1.165) is 5.56 Å². The number of aromatic nitrogens is 2. The summed E-state index contributed by atoms with van der Waals surface area (Å²) in [4.78, 5) is 0. The summed E-state index contributed by atoms with van der Waals surface area (Å²) in [6.45, 7) is 0. The number of nitrogen functional groups attached to an aromatic ring is 1. The van der Waals surface area contributed by atoms with Crippen LogP contribution in [-0.4, -0.2) is 15.3 Å². The van der Waals surface area contributed by atoms with Gasteiger partial charge in [-0.05, 0) is 29.8 Å². The minimum atomic E-state index is -0.456. The van der Waals surface area contributed by atoms with Gasteiger partial charge in [-0.3, -0.25) is 0 Å². The molecule has 5 heteroatoms. The Morgan fingerprint density at radius 2 is 1.67 bits per heavy atom. The second-order valence-electron chi connectivity index (χ2n) is 4.56. The summed E-state index contributed by atoms with van der Waals surface area (Å²) in [5.74, 6) is -0.238. The minimum absolute atomic E-state index is 0.0607. The molecule has 0 amide bonds. The van der Waals surface area contributed by atoms with Gasteiger partial charge in [0.05, 0.1) is 5.69 Å². The van der Waals surface area contributed by atoms with E-state index >= 15 is 0 Å². The number of nitrogens with zero attached hydrogens (tertiary/aromatic N) is 2. The van der Waals surface area contributed by atoms with Crippen LogP contribution >= 0.6 is 0 Å². The molecule has 0 aliphatic rings. The standard InChI is InChI=1S/C16H12FN3O/c17-11-6-7-15(21)13(8-11)14-9-12(16(18)20-19-14)10-4-2-1-3-5-10/h1-9,21H,(H2,18,20). The molecule has 0 bridgehead atoms. The monoisotopic (exact) mass is 281 g/mol. The van der Waals surface area contributed by atoms with Crippen molar-refractivity contribution in [1.82, 2.24) is 10.2 Å². The molecular formula is C16H12FN3O. The van der Waals surface area contributed by atoms with E-state index in [0.29, 0.717) is 11.3 Å². The fourth-order valence-corrected chi connectivity index (χ4v) is 2.10. The van der Waals surface area contributed by atoms with Crippen molar-refractivity contribution in [1.29, 1.82) is 0 Å². The molecule has 0 spiro atoms. The highest BCUT2D eigenvalue weighted by Crippen LogP contribution is 2.32. The van der Waals surface area contributed by atoms with E-state index in [2.05, 4.69) is 10.2 Å². The third kappa shape index (κ3) is 2.53. The molecular weight excluding hydrogens is 269 g/mol.